The van der Waals surface area contributed by atoms with Crippen molar-refractivity contribution in [1.82, 2.24) is 25.0 Å². The van der Waals surface area contributed by atoms with Gasteiger partial charge >= 0.3 is 0 Å². The minimum Gasteiger partial charge on any atom is -0.507 e. The first kappa shape index (κ1) is 31.3. The lowest BCUT2D eigenvalue weighted by Crippen LogP contribution is -2.30. The fourth-order valence-corrected chi connectivity index (χ4v) is 6.44. The lowest BCUT2D eigenvalue weighted by atomic mass is 9.92. The van der Waals surface area contributed by atoms with Crippen LogP contribution in [-0.4, -0.2) is 79.2 Å². The molecule has 0 spiro atoms. The summed E-state index contributed by atoms with van der Waals surface area (Å²) in [5.41, 5.74) is 6.08. The molecule has 0 radical (unpaired) electrons. The van der Waals surface area contributed by atoms with Crippen LogP contribution in [-0.2, 0) is 11.3 Å². The van der Waals surface area contributed by atoms with Gasteiger partial charge in [-0.2, -0.15) is 0 Å². The predicted molar refractivity (Wildman–Crippen MR) is 183 cm³/mol. The molecule has 1 aliphatic rings. The topological polar surface area (TPSA) is 158 Å². The number of nitrogens with zero attached hydrogens (tertiary/aromatic N) is 5. The first-order valence-corrected chi connectivity index (χ1v) is 16.0. The number of benzene rings is 4. The van der Waals surface area contributed by atoms with E-state index in [1.54, 1.807) is 35.2 Å². The fraction of sp³-hybridized carbons (Fsp3) is 0.229. The Bertz CT molecular complexity index is 2160. The Morgan fingerprint density at radius 2 is 1.94 bits per heavy atom. The molecule has 4 aromatic carbocycles. The van der Waals surface area contributed by atoms with Crippen molar-refractivity contribution in [2.45, 2.75) is 19.4 Å². The monoisotopic (exact) mass is 665 g/mol. The van der Waals surface area contributed by atoms with Gasteiger partial charge in [-0.25, -0.2) is 9.67 Å². The van der Waals surface area contributed by atoms with Crippen LogP contribution in [0.1, 0.15) is 37.9 Å². The maximum absolute atomic E-state index is 13.9. The lowest BCUT2D eigenvalue weighted by molar-refractivity contribution is 0.0851. The summed E-state index contributed by atoms with van der Waals surface area (Å²) in [5, 5.41) is 32.0. The number of ether oxygens (including phenoxy) is 1. The number of aromatic nitrogens is 5. The minimum absolute atomic E-state index is 0.0574. The molecule has 1 aliphatic heterocycles. The van der Waals surface area contributed by atoms with Crippen molar-refractivity contribution >= 4 is 56.6 Å². The number of hydrogen-bond acceptors (Lipinski definition) is 8. The van der Waals surface area contributed by atoms with Gasteiger partial charge in [-0.1, -0.05) is 23.4 Å². The normalized spacial score (nSPS) is 14.1. The molecule has 0 aliphatic carbocycles. The number of imidazole rings is 1. The number of carbonyl (C=O) groups is 2. The van der Waals surface area contributed by atoms with E-state index in [-0.39, 0.29) is 36.5 Å². The number of aliphatic hydroxyl groups is 1. The molecule has 3 heterocycles. The molecule has 2 amide bonds. The Hall–Kier alpha value is -5.30. The first-order chi connectivity index (χ1) is 23.3. The van der Waals surface area contributed by atoms with Crippen LogP contribution in [0.15, 0.2) is 72.9 Å². The number of alkyl halides is 1. The number of aromatic hydroxyl groups is 1. The first-order valence-electron chi connectivity index (χ1n) is 15.5. The average molecular weight is 666 g/mol. The maximum atomic E-state index is 13.9. The van der Waals surface area contributed by atoms with Crippen molar-refractivity contribution in [3.63, 3.8) is 0 Å². The highest BCUT2D eigenvalue weighted by atomic mass is 35.5. The van der Waals surface area contributed by atoms with E-state index in [9.17, 15) is 14.7 Å². The number of nitrogens with one attached hydrogen (secondary N) is 2. The largest absolute Gasteiger partial charge is 0.507 e. The van der Waals surface area contributed by atoms with Crippen LogP contribution in [0.4, 0.5) is 11.4 Å². The summed E-state index contributed by atoms with van der Waals surface area (Å²) in [6, 6.07) is 20.0. The Balaban J connectivity index is 1.07. The highest BCUT2D eigenvalue weighted by molar-refractivity contribution is 6.19. The zero-order valence-corrected chi connectivity index (χ0v) is 26.7. The number of amides is 2. The van der Waals surface area contributed by atoms with Gasteiger partial charge in [0, 0.05) is 46.6 Å². The number of halogens is 1. The molecular weight excluding hydrogens is 634 g/mol. The van der Waals surface area contributed by atoms with E-state index in [0.29, 0.717) is 53.9 Å². The maximum Gasteiger partial charge on any atom is 0.277 e. The smallest absolute Gasteiger partial charge is 0.277 e. The molecule has 1 atom stereocenters. The number of aryl methyl sites for hydroxylation is 1. The summed E-state index contributed by atoms with van der Waals surface area (Å²) in [7, 11) is 0. The van der Waals surface area contributed by atoms with E-state index >= 15 is 0 Å². The third-order valence-corrected chi connectivity index (χ3v) is 8.89. The number of aliphatic hydroxyl groups excluding tert-OH is 1. The molecule has 13 heteroatoms. The molecule has 244 valence electrons. The van der Waals surface area contributed by atoms with Gasteiger partial charge < -0.3 is 30.2 Å². The van der Waals surface area contributed by atoms with E-state index in [4.69, 9.17) is 26.4 Å². The molecule has 0 saturated carbocycles. The second-order valence-corrected chi connectivity index (χ2v) is 12.0. The molecule has 0 saturated heterocycles. The number of phenols is 1. The second-order valence-electron chi connectivity index (χ2n) is 11.6. The van der Waals surface area contributed by atoms with E-state index in [2.05, 4.69) is 20.6 Å². The Morgan fingerprint density at radius 1 is 1.10 bits per heavy atom. The number of fused-ring (bicyclic) bond motifs is 4. The van der Waals surface area contributed by atoms with Crippen molar-refractivity contribution in [1.29, 1.82) is 0 Å². The van der Waals surface area contributed by atoms with Crippen LogP contribution < -0.4 is 10.2 Å². The van der Waals surface area contributed by atoms with Crippen molar-refractivity contribution in [3.05, 3.63) is 95.3 Å². The minimum atomic E-state index is -0.400. The SMILES string of the molecule is Cc1cccc2c(O)cc3c(c12)[C@H](CCl)CN3C(=O)c1ccc2[nH]c(-c3ccc(NC(=O)c4cn(CCOCCO)nn4)cc3)nc2c1. The standard InChI is InChI=1S/C35H32ClN7O5/c1-20-3-2-4-25-30(45)16-29-32(31(20)25)23(17-36)18-43(29)35(47)22-7-10-26-27(15-22)39-33(38-26)21-5-8-24(9-6-21)37-34(46)28-19-42(41-40-28)11-13-48-14-12-44/h2-10,15-16,19,23,44-45H,11-14,17-18H2,1H3,(H,37,46)(H,38,39)/t23-/m1/s1. The van der Waals surface area contributed by atoms with Gasteiger partial charge in [-0.15, -0.1) is 16.7 Å². The van der Waals surface area contributed by atoms with E-state index in [1.807, 2.05) is 43.3 Å². The zero-order chi connectivity index (χ0) is 33.4. The van der Waals surface area contributed by atoms with E-state index < -0.39 is 5.91 Å². The number of H-pyrrole nitrogens is 1. The third-order valence-electron chi connectivity index (χ3n) is 8.52. The van der Waals surface area contributed by atoms with Crippen LogP contribution in [0.2, 0.25) is 0 Å². The van der Waals surface area contributed by atoms with Crippen LogP contribution in [0.3, 0.4) is 0 Å². The van der Waals surface area contributed by atoms with Crippen molar-refractivity contribution in [2.75, 3.05) is 42.5 Å². The van der Waals surface area contributed by atoms with Gasteiger partial charge in [-0.05, 0) is 65.9 Å². The van der Waals surface area contributed by atoms with Gasteiger partial charge in [-0.3, -0.25) is 9.59 Å². The zero-order valence-electron chi connectivity index (χ0n) is 26.0. The fourth-order valence-electron chi connectivity index (χ4n) is 6.19. The van der Waals surface area contributed by atoms with E-state index in [0.717, 1.165) is 33.0 Å². The number of phenolic OH excluding ortho intramolecular Hbond substituents is 1. The quantitative estimate of drug-likeness (QED) is 0.114. The summed E-state index contributed by atoms with van der Waals surface area (Å²) < 4.78 is 6.72. The molecule has 0 unspecified atom stereocenters. The van der Waals surface area contributed by atoms with Gasteiger partial charge in [0.15, 0.2) is 5.69 Å². The molecule has 2 aromatic heterocycles. The molecule has 6 aromatic rings. The highest BCUT2D eigenvalue weighted by Gasteiger charge is 2.35. The van der Waals surface area contributed by atoms with Crippen LogP contribution in [0.25, 0.3) is 33.2 Å². The number of anilines is 2. The van der Waals surface area contributed by atoms with Crippen molar-refractivity contribution < 1.29 is 24.5 Å². The summed E-state index contributed by atoms with van der Waals surface area (Å²) in [6.45, 7) is 3.34. The predicted octanol–water partition coefficient (Wildman–Crippen LogP) is 5.23. The number of aromatic amines is 1. The Labute approximate surface area is 279 Å². The highest BCUT2D eigenvalue weighted by Crippen LogP contribution is 2.46. The molecule has 4 N–H and O–H groups in total. The van der Waals surface area contributed by atoms with Crippen molar-refractivity contribution in [2.24, 2.45) is 0 Å². The number of hydrogen-bond donors (Lipinski definition) is 4. The Kier molecular flexibility index (Phi) is 8.52. The summed E-state index contributed by atoms with van der Waals surface area (Å²) in [5.74, 6) is 0.419. The molecule has 48 heavy (non-hydrogen) atoms. The van der Waals surface area contributed by atoms with E-state index in [1.165, 1.54) is 10.9 Å². The van der Waals surface area contributed by atoms with Gasteiger partial charge in [0.2, 0.25) is 0 Å². The molecule has 12 nitrogen and oxygen atoms in total. The lowest BCUT2D eigenvalue weighted by Gasteiger charge is -2.19. The summed E-state index contributed by atoms with van der Waals surface area (Å²) in [4.78, 5) is 36.4. The molecule has 0 bridgehead atoms. The van der Waals surface area contributed by atoms with Crippen molar-refractivity contribution in [3.8, 4) is 17.1 Å². The summed E-state index contributed by atoms with van der Waals surface area (Å²) in [6.07, 6.45) is 1.53. The van der Waals surface area contributed by atoms with Gasteiger partial charge in [0.25, 0.3) is 11.8 Å². The van der Waals surface area contributed by atoms with Gasteiger partial charge in [0.05, 0.1) is 49.3 Å². The van der Waals surface area contributed by atoms with Crippen LogP contribution >= 0.6 is 11.6 Å². The second kappa shape index (κ2) is 13.1. The molecule has 7 rings (SSSR count). The Morgan fingerprint density at radius 3 is 2.73 bits per heavy atom. The summed E-state index contributed by atoms with van der Waals surface area (Å²) >= 11 is 6.42. The number of rotatable bonds is 10. The molecule has 0 fully saturated rings. The third kappa shape index (κ3) is 5.85. The molecular formula is C35H32ClN7O5. The van der Waals surface area contributed by atoms with Crippen LogP contribution in [0.5, 0.6) is 5.75 Å². The van der Waals surface area contributed by atoms with Gasteiger partial charge in [0.1, 0.15) is 11.6 Å². The number of carbonyl (C=O) groups excluding carboxylic acids is 2. The average Bonchev–Trinajstić information content (AvgIpc) is 3.84. The van der Waals surface area contributed by atoms with Crippen LogP contribution in [0, 0.1) is 6.92 Å².